The molecule has 13 heteroatoms. The highest BCUT2D eigenvalue weighted by atomic mass is 35.5. The third-order valence-electron chi connectivity index (χ3n) is 5.39. The first kappa shape index (κ1) is 23.7. The zero-order chi connectivity index (χ0) is 24.5. The van der Waals surface area contributed by atoms with E-state index in [0.717, 1.165) is 24.6 Å². The van der Waals surface area contributed by atoms with Crippen LogP contribution in [0.3, 0.4) is 0 Å². The van der Waals surface area contributed by atoms with E-state index >= 15 is 0 Å². The molecule has 1 aromatic carbocycles. The van der Waals surface area contributed by atoms with Crippen LogP contribution in [-0.4, -0.2) is 36.9 Å². The first-order chi connectivity index (χ1) is 16.1. The highest BCUT2D eigenvalue weighted by Gasteiger charge is 2.41. The molecule has 2 aromatic heterocycles. The van der Waals surface area contributed by atoms with Crippen molar-refractivity contribution < 1.29 is 22.9 Å². The van der Waals surface area contributed by atoms with Crippen LogP contribution < -0.4 is 5.32 Å². The van der Waals surface area contributed by atoms with Gasteiger partial charge in [-0.2, -0.15) is 23.4 Å². The average Bonchev–Trinajstić information content (AvgIpc) is 3.39. The van der Waals surface area contributed by atoms with Gasteiger partial charge in [0.1, 0.15) is 12.4 Å². The Morgan fingerprint density at radius 2 is 1.97 bits per heavy atom. The van der Waals surface area contributed by atoms with Crippen LogP contribution in [0, 0.1) is 10.1 Å². The van der Waals surface area contributed by atoms with Crippen LogP contribution in [0.5, 0.6) is 0 Å². The summed E-state index contributed by atoms with van der Waals surface area (Å²) in [5, 5.41) is 20.7. The van der Waals surface area contributed by atoms with Gasteiger partial charge in [-0.3, -0.25) is 24.3 Å². The van der Waals surface area contributed by atoms with E-state index in [0.29, 0.717) is 24.2 Å². The van der Waals surface area contributed by atoms with Gasteiger partial charge < -0.3 is 5.32 Å². The van der Waals surface area contributed by atoms with Crippen molar-refractivity contribution in [3.63, 3.8) is 0 Å². The minimum atomic E-state index is -4.61. The normalized spacial score (nSPS) is 13.8. The molecule has 2 heterocycles. The lowest BCUT2D eigenvalue weighted by atomic mass is 10.1. The summed E-state index contributed by atoms with van der Waals surface area (Å²) in [5.41, 5.74) is 0.462. The summed E-state index contributed by atoms with van der Waals surface area (Å²) in [6.45, 7) is 0.767. The van der Waals surface area contributed by atoms with Crippen LogP contribution in [0.2, 0.25) is 5.02 Å². The third kappa shape index (κ3) is 5.38. The van der Waals surface area contributed by atoms with Crippen molar-refractivity contribution >= 4 is 23.2 Å². The molecule has 4 rings (SSSR count). The summed E-state index contributed by atoms with van der Waals surface area (Å²) in [7, 11) is 0. The van der Waals surface area contributed by atoms with Crippen molar-refractivity contribution in [2.75, 3.05) is 6.54 Å². The predicted molar refractivity (Wildman–Crippen MR) is 116 cm³/mol. The first-order valence-electron chi connectivity index (χ1n) is 10.5. The summed E-state index contributed by atoms with van der Waals surface area (Å²) in [4.78, 5) is 22.6. The molecule has 0 bridgehead atoms. The van der Waals surface area contributed by atoms with E-state index in [1.165, 1.54) is 15.6 Å². The second-order valence-electron chi connectivity index (χ2n) is 8.00. The number of hydrogen-bond acceptors (Lipinski definition) is 5. The quantitative estimate of drug-likeness (QED) is 0.268. The zero-order valence-electron chi connectivity index (χ0n) is 17.8. The van der Waals surface area contributed by atoms with Crippen molar-refractivity contribution in [2.24, 2.45) is 0 Å². The van der Waals surface area contributed by atoms with Gasteiger partial charge in [0.25, 0.3) is 5.91 Å². The van der Waals surface area contributed by atoms with Gasteiger partial charge in [-0.1, -0.05) is 23.7 Å². The highest BCUT2D eigenvalue weighted by Crippen LogP contribution is 2.46. The van der Waals surface area contributed by atoms with Crippen molar-refractivity contribution in [1.29, 1.82) is 0 Å². The van der Waals surface area contributed by atoms with Gasteiger partial charge in [0.15, 0.2) is 5.69 Å². The molecule has 1 N–H and O–H groups in total. The lowest BCUT2D eigenvalue weighted by Gasteiger charge is -2.09. The van der Waals surface area contributed by atoms with Gasteiger partial charge in [-0.25, -0.2) is 0 Å². The molecule has 180 valence electrons. The van der Waals surface area contributed by atoms with E-state index in [-0.39, 0.29) is 35.6 Å². The number of halogens is 4. The molecule has 3 aromatic rings. The summed E-state index contributed by atoms with van der Waals surface area (Å²) in [6.07, 6.45) is -0.175. The van der Waals surface area contributed by atoms with Crippen molar-refractivity contribution in [3.8, 4) is 0 Å². The van der Waals surface area contributed by atoms with E-state index in [9.17, 15) is 28.1 Å². The number of nitrogens with zero attached hydrogens (tertiary/aromatic N) is 5. The van der Waals surface area contributed by atoms with Crippen molar-refractivity contribution in [1.82, 2.24) is 24.9 Å². The summed E-state index contributed by atoms with van der Waals surface area (Å²) >= 11 is 5.96. The summed E-state index contributed by atoms with van der Waals surface area (Å²) < 4.78 is 42.2. The molecule has 1 aliphatic rings. The fraction of sp³-hybridized carbons (Fsp3) is 0.381. The average molecular weight is 497 g/mol. The van der Waals surface area contributed by atoms with Gasteiger partial charge in [-0.15, -0.1) is 0 Å². The zero-order valence-corrected chi connectivity index (χ0v) is 18.5. The van der Waals surface area contributed by atoms with Crippen LogP contribution in [0.4, 0.5) is 18.9 Å². The molecule has 1 amide bonds. The summed E-state index contributed by atoms with van der Waals surface area (Å²) in [6, 6.07) is 6.68. The number of aromatic nitrogens is 4. The number of benzene rings is 1. The number of hydrogen-bond donors (Lipinski definition) is 1. The largest absolute Gasteiger partial charge is 0.436 e. The second kappa shape index (κ2) is 9.45. The lowest BCUT2D eigenvalue weighted by Crippen LogP contribution is -2.25. The van der Waals surface area contributed by atoms with Gasteiger partial charge in [0.2, 0.25) is 0 Å². The highest BCUT2D eigenvalue weighted by molar-refractivity contribution is 6.32. The van der Waals surface area contributed by atoms with E-state index in [4.69, 9.17) is 11.6 Å². The maximum absolute atomic E-state index is 13.1. The van der Waals surface area contributed by atoms with E-state index in [2.05, 4.69) is 15.5 Å². The van der Waals surface area contributed by atoms with Crippen molar-refractivity contribution in [2.45, 2.75) is 44.4 Å². The molecule has 0 radical (unpaired) electrons. The second-order valence-corrected chi connectivity index (χ2v) is 8.38. The molecule has 0 aliphatic heterocycles. The number of rotatable bonds is 9. The van der Waals surface area contributed by atoms with E-state index in [1.54, 1.807) is 24.3 Å². The maximum Gasteiger partial charge on any atom is 0.436 e. The monoisotopic (exact) mass is 496 g/mol. The standard InChI is InChI=1S/C21H20ClF3N6O3/c22-17-18(14-6-7-14)30(28-19(17)21(23,24)25)9-1-8-26-20(32)15-4-2-13(3-5-15)11-29-12-16(10-27-29)31(33)34/h2-5,10,12,14H,1,6-9,11H2,(H,26,32). The molecule has 9 nitrogen and oxygen atoms in total. The van der Waals surface area contributed by atoms with Crippen LogP contribution in [-0.2, 0) is 19.3 Å². The predicted octanol–water partition coefficient (Wildman–Crippen LogP) is 4.41. The molecule has 34 heavy (non-hydrogen) atoms. The fourth-order valence-electron chi connectivity index (χ4n) is 3.57. The van der Waals surface area contributed by atoms with E-state index < -0.39 is 16.8 Å². The van der Waals surface area contributed by atoms with Crippen LogP contribution in [0.25, 0.3) is 0 Å². The van der Waals surface area contributed by atoms with Crippen LogP contribution >= 0.6 is 11.6 Å². The molecule has 1 fully saturated rings. The lowest BCUT2D eigenvalue weighted by molar-refractivity contribution is -0.385. The number of alkyl halides is 3. The van der Waals surface area contributed by atoms with Crippen LogP contribution in [0.1, 0.15) is 52.5 Å². The Balaban J connectivity index is 1.29. The first-order valence-corrected chi connectivity index (χ1v) is 10.9. The Morgan fingerprint density at radius 1 is 1.26 bits per heavy atom. The smallest absolute Gasteiger partial charge is 0.352 e. The topological polar surface area (TPSA) is 108 Å². The minimum Gasteiger partial charge on any atom is -0.352 e. The Bertz CT molecular complexity index is 1200. The van der Waals surface area contributed by atoms with E-state index in [1.807, 2.05) is 0 Å². The maximum atomic E-state index is 13.1. The Morgan fingerprint density at radius 3 is 2.56 bits per heavy atom. The minimum absolute atomic E-state index is 0.00270. The SMILES string of the molecule is O=C(NCCCn1nc(C(F)(F)F)c(Cl)c1C1CC1)c1ccc(Cn2cc([N+](=O)[O-])cn2)cc1. The number of aryl methyl sites for hydroxylation is 1. The molecule has 0 atom stereocenters. The molecule has 1 saturated carbocycles. The third-order valence-corrected chi connectivity index (χ3v) is 5.76. The number of amides is 1. The molecular formula is C21H20ClF3N6O3. The van der Waals surface area contributed by atoms with Crippen LogP contribution in [0.15, 0.2) is 36.7 Å². The molecule has 0 unspecified atom stereocenters. The van der Waals surface area contributed by atoms with Crippen molar-refractivity contribution in [3.05, 3.63) is 74.3 Å². The van der Waals surface area contributed by atoms with Gasteiger partial charge >= 0.3 is 11.9 Å². The van der Waals surface area contributed by atoms with Gasteiger partial charge in [0.05, 0.1) is 22.2 Å². The number of carbonyl (C=O) groups excluding carboxylic acids is 1. The number of carbonyl (C=O) groups is 1. The number of nitro groups is 1. The Labute approximate surface area is 196 Å². The molecule has 0 spiro atoms. The molecular weight excluding hydrogens is 477 g/mol. The molecule has 1 aliphatic carbocycles. The molecule has 0 saturated heterocycles. The van der Waals surface area contributed by atoms with Gasteiger partial charge in [0, 0.05) is 24.6 Å². The fourth-order valence-corrected chi connectivity index (χ4v) is 3.96. The summed E-state index contributed by atoms with van der Waals surface area (Å²) in [5.74, 6) is -0.324. The Kier molecular flexibility index (Phi) is 6.60. The number of nitrogens with one attached hydrogen (secondary N) is 1. The van der Waals surface area contributed by atoms with Gasteiger partial charge in [-0.05, 0) is 37.0 Å². The Hall–Kier alpha value is -3.41.